The molecular formula is C13H14O. The van der Waals surface area contributed by atoms with E-state index in [2.05, 4.69) is 12.1 Å². The second-order valence-electron chi connectivity index (χ2n) is 3.71. The minimum Gasteiger partial charge on any atom is -0.295 e. The molecule has 0 radical (unpaired) electrons. The molecule has 1 aliphatic rings. The Labute approximate surface area is 84.5 Å². The molecule has 0 N–H and O–H groups in total. The quantitative estimate of drug-likeness (QED) is 0.658. The molecule has 0 saturated heterocycles. The van der Waals surface area contributed by atoms with Crippen molar-refractivity contribution in [2.75, 3.05) is 0 Å². The first-order valence-electron chi connectivity index (χ1n) is 5.15. The molecule has 72 valence electrons. The van der Waals surface area contributed by atoms with Gasteiger partial charge in [0, 0.05) is 6.42 Å². The molecule has 1 nitrogen and oxygen atoms in total. The number of benzene rings is 1. The highest BCUT2D eigenvalue weighted by Gasteiger charge is 2.09. The van der Waals surface area contributed by atoms with Gasteiger partial charge in [-0.05, 0) is 36.5 Å². The summed E-state index contributed by atoms with van der Waals surface area (Å²) < 4.78 is 0. The molecular weight excluding hydrogens is 172 g/mol. The Morgan fingerprint density at radius 2 is 1.64 bits per heavy atom. The van der Waals surface area contributed by atoms with Crippen LogP contribution in [0.3, 0.4) is 0 Å². The Morgan fingerprint density at radius 3 is 2.43 bits per heavy atom. The summed E-state index contributed by atoms with van der Waals surface area (Å²) in [5, 5.41) is 0. The zero-order chi connectivity index (χ0) is 9.80. The molecule has 0 spiro atoms. The van der Waals surface area contributed by atoms with Crippen LogP contribution < -0.4 is 0 Å². The van der Waals surface area contributed by atoms with E-state index in [9.17, 15) is 4.79 Å². The first-order chi connectivity index (χ1) is 6.86. The van der Waals surface area contributed by atoms with Crippen molar-refractivity contribution in [1.82, 2.24) is 0 Å². The van der Waals surface area contributed by atoms with Crippen LogP contribution in [0.25, 0.3) is 5.57 Å². The number of hydrogen-bond acceptors (Lipinski definition) is 1. The lowest BCUT2D eigenvalue weighted by molar-refractivity contribution is -0.114. The largest absolute Gasteiger partial charge is 0.295 e. The van der Waals surface area contributed by atoms with Crippen molar-refractivity contribution in [3.8, 4) is 0 Å². The van der Waals surface area contributed by atoms with Crippen molar-refractivity contribution in [2.45, 2.75) is 25.7 Å². The topological polar surface area (TPSA) is 17.1 Å². The molecule has 1 aromatic carbocycles. The summed E-state index contributed by atoms with van der Waals surface area (Å²) in [5.41, 5.74) is 2.40. The predicted molar refractivity (Wildman–Crippen MR) is 57.9 cm³/mol. The van der Waals surface area contributed by atoms with Crippen LogP contribution >= 0.6 is 0 Å². The Bertz CT molecular complexity index is 349. The van der Waals surface area contributed by atoms with Crippen molar-refractivity contribution in [2.24, 2.45) is 0 Å². The van der Waals surface area contributed by atoms with E-state index in [0.717, 1.165) is 25.7 Å². The lowest BCUT2D eigenvalue weighted by atomic mass is 10.0. The zero-order valence-electron chi connectivity index (χ0n) is 8.20. The SMILES string of the molecule is O=C1C=C(c2ccccc2)CCCC1. The smallest absolute Gasteiger partial charge is 0.155 e. The number of rotatable bonds is 1. The molecule has 1 aromatic rings. The van der Waals surface area contributed by atoms with Gasteiger partial charge in [0.05, 0.1) is 0 Å². The Kier molecular flexibility index (Phi) is 2.78. The third-order valence-electron chi connectivity index (χ3n) is 2.60. The number of carbonyl (C=O) groups excluding carboxylic acids is 1. The fraction of sp³-hybridized carbons (Fsp3) is 0.308. The van der Waals surface area contributed by atoms with Gasteiger partial charge in [0.2, 0.25) is 0 Å². The highest BCUT2D eigenvalue weighted by molar-refractivity contribution is 5.97. The lowest BCUT2D eigenvalue weighted by Crippen LogP contribution is -1.90. The van der Waals surface area contributed by atoms with Gasteiger partial charge < -0.3 is 0 Å². The van der Waals surface area contributed by atoms with E-state index in [-0.39, 0.29) is 5.78 Å². The lowest BCUT2D eigenvalue weighted by Gasteiger charge is -2.03. The normalized spacial score (nSPS) is 17.4. The summed E-state index contributed by atoms with van der Waals surface area (Å²) >= 11 is 0. The Morgan fingerprint density at radius 1 is 0.929 bits per heavy atom. The maximum atomic E-state index is 11.4. The molecule has 0 heterocycles. The van der Waals surface area contributed by atoms with Crippen molar-refractivity contribution in [3.05, 3.63) is 42.0 Å². The van der Waals surface area contributed by atoms with Gasteiger partial charge >= 0.3 is 0 Å². The van der Waals surface area contributed by atoms with Crippen molar-refractivity contribution in [3.63, 3.8) is 0 Å². The van der Waals surface area contributed by atoms with E-state index in [4.69, 9.17) is 0 Å². The van der Waals surface area contributed by atoms with E-state index < -0.39 is 0 Å². The second-order valence-corrected chi connectivity index (χ2v) is 3.71. The molecule has 1 heteroatoms. The summed E-state index contributed by atoms with van der Waals surface area (Å²) in [4.78, 5) is 11.4. The van der Waals surface area contributed by atoms with E-state index in [0.29, 0.717) is 0 Å². The highest BCUT2D eigenvalue weighted by Crippen LogP contribution is 2.24. The summed E-state index contributed by atoms with van der Waals surface area (Å²) in [5.74, 6) is 0.279. The monoisotopic (exact) mass is 186 g/mol. The summed E-state index contributed by atoms with van der Waals surface area (Å²) in [6.07, 6.45) is 5.74. The summed E-state index contributed by atoms with van der Waals surface area (Å²) in [7, 11) is 0. The molecule has 0 aromatic heterocycles. The van der Waals surface area contributed by atoms with Crippen molar-refractivity contribution in [1.29, 1.82) is 0 Å². The van der Waals surface area contributed by atoms with Crippen LogP contribution in [0.2, 0.25) is 0 Å². The Hall–Kier alpha value is -1.37. The molecule has 0 amide bonds. The zero-order valence-corrected chi connectivity index (χ0v) is 8.20. The number of carbonyl (C=O) groups is 1. The molecule has 0 aliphatic heterocycles. The fourth-order valence-electron chi connectivity index (χ4n) is 1.83. The first kappa shape index (κ1) is 9.20. The van der Waals surface area contributed by atoms with Gasteiger partial charge in [-0.3, -0.25) is 4.79 Å². The van der Waals surface area contributed by atoms with Crippen LogP contribution in [-0.2, 0) is 4.79 Å². The molecule has 14 heavy (non-hydrogen) atoms. The molecule has 0 bridgehead atoms. The molecule has 0 fully saturated rings. The average Bonchev–Trinajstić information content (AvgIpc) is 2.44. The van der Waals surface area contributed by atoms with Gasteiger partial charge in [-0.15, -0.1) is 0 Å². The number of ketones is 1. The van der Waals surface area contributed by atoms with Gasteiger partial charge in [0.1, 0.15) is 0 Å². The van der Waals surface area contributed by atoms with E-state index in [1.165, 1.54) is 11.1 Å². The standard InChI is InChI=1S/C13H14O/c14-13-9-5-4-8-12(10-13)11-6-2-1-3-7-11/h1-3,6-7,10H,4-5,8-9H2. The van der Waals surface area contributed by atoms with Crippen LogP contribution in [0.15, 0.2) is 36.4 Å². The van der Waals surface area contributed by atoms with Gasteiger partial charge in [-0.1, -0.05) is 30.3 Å². The average molecular weight is 186 g/mol. The Balaban J connectivity index is 2.28. The molecule has 0 unspecified atom stereocenters. The van der Waals surface area contributed by atoms with E-state index >= 15 is 0 Å². The van der Waals surface area contributed by atoms with Crippen molar-refractivity contribution >= 4 is 11.4 Å². The maximum absolute atomic E-state index is 11.4. The number of hydrogen-bond donors (Lipinski definition) is 0. The van der Waals surface area contributed by atoms with Crippen LogP contribution in [0, 0.1) is 0 Å². The predicted octanol–water partition coefficient (Wildman–Crippen LogP) is 3.21. The summed E-state index contributed by atoms with van der Waals surface area (Å²) in [6.45, 7) is 0. The van der Waals surface area contributed by atoms with Gasteiger partial charge in [0.15, 0.2) is 5.78 Å². The minimum atomic E-state index is 0.279. The molecule has 0 atom stereocenters. The third-order valence-corrected chi connectivity index (χ3v) is 2.60. The van der Waals surface area contributed by atoms with Crippen LogP contribution in [0.1, 0.15) is 31.2 Å². The van der Waals surface area contributed by atoms with Gasteiger partial charge in [-0.25, -0.2) is 0 Å². The molecule has 2 rings (SSSR count). The van der Waals surface area contributed by atoms with Crippen LogP contribution in [0.5, 0.6) is 0 Å². The number of allylic oxidation sites excluding steroid dienone is 2. The first-order valence-corrected chi connectivity index (χ1v) is 5.15. The second kappa shape index (κ2) is 4.23. The minimum absolute atomic E-state index is 0.279. The van der Waals surface area contributed by atoms with Crippen LogP contribution in [-0.4, -0.2) is 5.78 Å². The highest BCUT2D eigenvalue weighted by atomic mass is 16.1. The van der Waals surface area contributed by atoms with Crippen LogP contribution in [0.4, 0.5) is 0 Å². The van der Waals surface area contributed by atoms with Crippen molar-refractivity contribution < 1.29 is 4.79 Å². The van der Waals surface area contributed by atoms with Gasteiger partial charge in [0.25, 0.3) is 0 Å². The summed E-state index contributed by atoms with van der Waals surface area (Å²) in [6, 6.07) is 10.2. The fourth-order valence-corrected chi connectivity index (χ4v) is 1.83. The van der Waals surface area contributed by atoms with E-state index in [1.54, 1.807) is 0 Å². The maximum Gasteiger partial charge on any atom is 0.155 e. The third kappa shape index (κ3) is 2.11. The molecule has 0 saturated carbocycles. The molecule has 1 aliphatic carbocycles. The van der Waals surface area contributed by atoms with Gasteiger partial charge in [-0.2, -0.15) is 0 Å². The van der Waals surface area contributed by atoms with E-state index in [1.807, 2.05) is 24.3 Å².